The molecule has 2 unspecified atom stereocenters. The monoisotopic (exact) mass is 294 g/mol. The van der Waals surface area contributed by atoms with E-state index in [2.05, 4.69) is 22.4 Å². The highest BCUT2D eigenvalue weighted by atomic mass is 32.2. The predicted molar refractivity (Wildman–Crippen MR) is 83.1 cm³/mol. The summed E-state index contributed by atoms with van der Waals surface area (Å²) in [5, 5.41) is 16.0. The number of nitrogens with zero attached hydrogens (tertiary/aromatic N) is 2. The van der Waals surface area contributed by atoms with E-state index >= 15 is 0 Å². The summed E-state index contributed by atoms with van der Waals surface area (Å²) in [6.07, 6.45) is 5.55. The first-order chi connectivity index (χ1) is 9.74. The van der Waals surface area contributed by atoms with Gasteiger partial charge in [0.05, 0.1) is 0 Å². The second kappa shape index (κ2) is 7.50. The van der Waals surface area contributed by atoms with Crippen LogP contribution in [-0.4, -0.2) is 33.1 Å². The molecule has 1 aliphatic carbocycles. The fourth-order valence-corrected chi connectivity index (χ4v) is 3.82. The minimum atomic E-state index is 0.0483. The van der Waals surface area contributed by atoms with Gasteiger partial charge in [-0.3, -0.25) is 4.98 Å². The second-order valence-corrected chi connectivity index (χ2v) is 6.46. The molecule has 6 heteroatoms. The zero-order valence-corrected chi connectivity index (χ0v) is 12.6. The Hall–Kier alpha value is -1.27. The molecule has 1 heterocycles. The second-order valence-electron chi connectivity index (χ2n) is 4.95. The normalized spacial score (nSPS) is 23.1. The van der Waals surface area contributed by atoms with Gasteiger partial charge in [0.15, 0.2) is 5.84 Å². The van der Waals surface area contributed by atoms with E-state index in [1.807, 2.05) is 23.9 Å². The zero-order chi connectivity index (χ0) is 14.4. The van der Waals surface area contributed by atoms with Crippen molar-refractivity contribution >= 4 is 17.6 Å². The molecule has 0 spiro atoms. The largest absolute Gasteiger partial charge is 0.409 e. The van der Waals surface area contributed by atoms with Crippen molar-refractivity contribution in [3.8, 4) is 0 Å². The van der Waals surface area contributed by atoms with Gasteiger partial charge < -0.3 is 16.3 Å². The van der Waals surface area contributed by atoms with Gasteiger partial charge in [0, 0.05) is 24.0 Å². The van der Waals surface area contributed by atoms with Crippen molar-refractivity contribution in [1.82, 2.24) is 10.3 Å². The highest BCUT2D eigenvalue weighted by molar-refractivity contribution is 7.99. The lowest BCUT2D eigenvalue weighted by molar-refractivity contribution is 0.318. The Balaban J connectivity index is 1.93. The lowest BCUT2D eigenvalue weighted by Crippen LogP contribution is -2.33. The minimum Gasteiger partial charge on any atom is -0.409 e. The van der Waals surface area contributed by atoms with Crippen LogP contribution in [0.25, 0.3) is 0 Å². The van der Waals surface area contributed by atoms with Crippen LogP contribution in [0.3, 0.4) is 0 Å². The number of hydrogen-bond acceptors (Lipinski definition) is 5. The van der Waals surface area contributed by atoms with Crippen LogP contribution in [0.15, 0.2) is 23.5 Å². The standard InChI is InChI=1S/C14H22N4OS/c1-2-20-13-5-3-4-11(13)17-9-10-6-7-16-12(8-10)14(15)18-19/h6-8,11,13,17,19H,2-5,9H2,1H3,(H2,15,18). The van der Waals surface area contributed by atoms with Crippen LogP contribution in [0.1, 0.15) is 37.4 Å². The van der Waals surface area contributed by atoms with Crippen LogP contribution in [-0.2, 0) is 6.54 Å². The third-order valence-electron chi connectivity index (χ3n) is 3.60. The first-order valence-corrected chi connectivity index (χ1v) is 8.07. The van der Waals surface area contributed by atoms with E-state index in [9.17, 15) is 0 Å². The molecule has 0 aromatic carbocycles. The summed E-state index contributed by atoms with van der Waals surface area (Å²) in [6, 6.07) is 4.40. The molecule has 0 bridgehead atoms. The molecule has 1 saturated carbocycles. The molecule has 0 aliphatic heterocycles. The Bertz CT molecular complexity index is 466. The highest BCUT2D eigenvalue weighted by Gasteiger charge is 2.26. The summed E-state index contributed by atoms with van der Waals surface area (Å²) in [5.74, 6) is 1.22. The Kier molecular flexibility index (Phi) is 5.67. The Morgan fingerprint density at radius 1 is 1.60 bits per heavy atom. The average Bonchev–Trinajstić information content (AvgIpc) is 2.92. The Labute approximate surface area is 124 Å². The van der Waals surface area contributed by atoms with Gasteiger partial charge in [0.1, 0.15) is 5.69 Å². The van der Waals surface area contributed by atoms with Crippen LogP contribution in [0.2, 0.25) is 0 Å². The molecule has 20 heavy (non-hydrogen) atoms. The van der Waals surface area contributed by atoms with Crippen molar-refractivity contribution in [2.24, 2.45) is 10.9 Å². The van der Waals surface area contributed by atoms with Gasteiger partial charge in [-0.05, 0) is 36.3 Å². The lowest BCUT2D eigenvalue weighted by atomic mass is 10.2. The smallest absolute Gasteiger partial charge is 0.188 e. The summed E-state index contributed by atoms with van der Waals surface area (Å²) in [7, 11) is 0. The first kappa shape index (κ1) is 15.1. The predicted octanol–water partition coefficient (Wildman–Crippen LogP) is 1.94. The fraction of sp³-hybridized carbons (Fsp3) is 0.571. The SMILES string of the molecule is CCSC1CCCC1NCc1ccnc(/C(N)=N/O)c1. The molecular formula is C14H22N4OS. The van der Waals surface area contributed by atoms with Crippen molar-refractivity contribution in [3.05, 3.63) is 29.6 Å². The van der Waals surface area contributed by atoms with Gasteiger partial charge in [-0.15, -0.1) is 0 Å². The molecule has 1 aliphatic rings. The molecule has 5 nitrogen and oxygen atoms in total. The molecule has 1 fully saturated rings. The van der Waals surface area contributed by atoms with Crippen LogP contribution < -0.4 is 11.1 Å². The number of hydrogen-bond donors (Lipinski definition) is 3. The summed E-state index contributed by atoms with van der Waals surface area (Å²) in [5.41, 5.74) is 7.17. The lowest BCUT2D eigenvalue weighted by Gasteiger charge is -2.20. The maximum Gasteiger partial charge on any atom is 0.188 e. The van der Waals surface area contributed by atoms with Gasteiger partial charge in [-0.1, -0.05) is 18.5 Å². The zero-order valence-electron chi connectivity index (χ0n) is 11.7. The molecule has 1 aromatic heterocycles. The molecular weight excluding hydrogens is 272 g/mol. The number of thioether (sulfide) groups is 1. The minimum absolute atomic E-state index is 0.0483. The summed E-state index contributed by atoms with van der Waals surface area (Å²) in [4.78, 5) is 4.09. The molecule has 2 atom stereocenters. The van der Waals surface area contributed by atoms with Gasteiger partial charge in [0.25, 0.3) is 0 Å². The molecule has 110 valence electrons. The topological polar surface area (TPSA) is 83.5 Å². The average molecular weight is 294 g/mol. The molecule has 4 N–H and O–H groups in total. The summed E-state index contributed by atoms with van der Waals surface area (Å²) in [6.45, 7) is 3.01. The third kappa shape index (κ3) is 3.86. The van der Waals surface area contributed by atoms with E-state index in [0.717, 1.165) is 17.4 Å². The van der Waals surface area contributed by atoms with Crippen LogP contribution >= 0.6 is 11.8 Å². The van der Waals surface area contributed by atoms with E-state index in [4.69, 9.17) is 10.9 Å². The maximum atomic E-state index is 8.68. The quantitative estimate of drug-likeness (QED) is 0.323. The van der Waals surface area contributed by atoms with Crippen LogP contribution in [0, 0.1) is 0 Å². The summed E-state index contributed by atoms with van der Waals surface area (Å²) >= 11 is 2.05. The van der Waals surface area contributed by atoms with Crippen molar-refractivity contribution in [1.29, 1.82) is 0 Å². The van der Waals surface area contributed by atoms with Crippen LogP contribution in [0.5, 0.6) is 0 Å². The Morgan fingerprint density at radius 2 is 2.45 bits per heavy atom. The summed E-state index contributed by atoms with van der Waals surface area (Å²) < 4.78 is 0. The molecule has 0 saturated heterocycles. The van der Waals surface area contributed by atoms with E-state index in [1.165, 1.54) is 25.0 Å². The van der Waals surface area contributed by atoms with E-state index in [-0.39, 0.29) is 5.84 Å². The van der Waals surface area contributed by atoms with Crippen LogP contribution in [0.4, 0.5) is 0 Å². The molecule has 1 aromatic rings. The van der Waals surface area contributed by atoms with Crippen molar-refractivity contribution in [3.63, 3.8) is 0 Å². The molecule has 0 radical (unpaired) electrons. The first-order valence-electron chi connectivity index (χ1n) is 7.02. The number of nitrogens with two attached hydrogens (primary N) is 1. The number of pyridine rings is 1. The van der Waals surface area contributed by atoms with Gasteiger partial charge in [-0.2, -0.15) is 11.8 Å². The van der Waals surface area contributed by atoms with E-state index < -0.39 is 0 Å². The third-order valence-corrected chi connectivity index (χ3v) is 4.92. The molecule has 0 amide bonds. The number of nitrogens with one attached hydrogen (secondary N) is 1. The number of aromatic nitrogens is 1. The van der Waals surface area contributed by atoms with E-state index in [1.54, 1.807) is 6.20 Å². The maximum absolute atomic E-state index is 8.68. The van der Waals surface area contributed by atoms with Crippen molar-refractivity contribution in [2.75, 3.05) is 5.75 Å². The fourth-order valence-electron chi connectivity index (χ4n) is 2.60. The Morgan fingerprint density at radius 3 is 3.20 bits per heavy atom. The van der Waals surface area contributed by atoms with Gasteiger partial charge in [-0.25, -0.2) is 0 Å². The van der Waals surface area contributed by atoms with Gasteiger partial charge in [0.2, 0.25) is 0 Å². The van der Waals surface area contributed by atoms with Gasteiger partial charge >= 0.3 is 0 Å². The highest BCUT2D eigenvalue weighted by Crippen LogP contribution is 2.30. The number of rotatable bonds is 6. The van der Waals surface area contributed by atoms with E-state index in [0.29, 0.717) is 11.7 Å². The van der Waals surface area contributed by atoms with Crippen molar-refractivity contribution < 1.29 is 5.21 Å². The molecule has 2 rings (SSSR count). The number of amidine groups is 1. The number of oxime groups is 1. The van der Waals surface area contributed by atoms with Crippen molar-refractivity contribution in [2.45, 2.75) is 44.0 Å².